The van der Waals surface area contributed by atoms with E-state index in [1.54, 1.807) is 24.3 Å². The Labute approximate surface area is 175 Å². The molecule has 156 valence electrons. The van der Waals surface area contributed by atoms with Gasteiger partial charge in [0, 0.05) is 23.4 Å². The van der Waals surface area contributed by atoms with Crippen molar-refractivity contribution in [2.75, 3.05) is 32.1 Å². The first-order chi connectivity index (χ1) is 14.3. The zero-order valence-electron chi connectivity index (χ0n) is 17.2. The number of methoxy groups -OCH3 is 1. The number of carbonyl (C=O) groups excluding carboxylic acids is 3. The molecule has 7 heteroatoms. The summed E-state index contributed by atoms with van der Waals surface area (Å²) in [7, 11) is 1.24. The molecule has 0 atom stereocenters. The van der Waals surface area contributed by atoms with E-state index >= 15 is 0 Å². The molecule has 0 aromatic heterocycles. The number of para-hydroxylation sites is 1. The maximum Gasteiger partial charge on any atom is 0.337 e. The summed E-state index contributed by atoms with van der Waals surface area (Å²) in [4.78, 5) is 39.5. The molecule has 0 saturated carbocycles. The van der Waals surface area contributed by atoms with Crippen LogP contribution in [-0.2, 0) is 14.3 Å². The van der Waals surface area contributed by atoms with Crippen LogP contribution < -0.4 is 5.32 Å². The second kappa shape index (κ2) is 8.92. The zero-order chi connectivity index (χ0) is 21.8. The molecule has 0 fully saturated rings. The predicted octanol–water partition coefficient (Wildman–Crippen LogP) is 2.21. The van der Waals surface area contributed by atoms with Crippen LogP contribution in [0.3, 0.4) is 0 Å². The number of aliphatic hydroxyl groups excluding tert-OH is 1. The molecule has 1 aliphatic rings. The number of aliphatic hydroxyl groups is 1. The van der Waals surface area contributed by atoms with E-state index in [0.29, 0.717) is 16.8 Å². The highest BCUT2D eigenvalue weighted by molar-refractivity contribution is 6.14. The van der Waals surface area contributed by atoms with E-state index in [-0.39, 0.29) is 36.7 Å². The van der Waals surface area contributed by atoms with Crippen molar-refractivity contribution in [1.29, 1.82) is 0 Å². The van der Waals surface area contributed by atoms with E-state index in [1.165, 1.54) is 12.0 Å². The first-order valence-corrected chi connectivity index (χ1v) is 9.56. The second-order valence-electron chi connectivity index (χ2n) is 7.17. The van der Waals surface area contributed by atoms with Crippen LogP contribution in [0, 0.1) is 13.8 Å². The topological polar surface area (TPSA) is 95.9 Å². The molecule has 2 aromatic carbocycles. The van der Waals surface area contributed by atoms with Gasteiger partial charge >= 0.3 is 5.97 Å². The number of aryl methyl sites for hydroxylation is 2. The lowest BCUT2D eigenvalue weighted by Gasteiger charge is -2.16. The Hall–Kier alpha value is -3.45. The Morgan fingerprint density at radius 2 is 1.80 bits per heavy atom. The van der Waals surface area contributed by atoms with Crippen LogP contribution in [0.2, 0.25) is 0 Å². The molecule has 7 nitrogen and oxygen atoms in total. The largest absolute Gasteiger partial charge is 0.466 e. The molecule has 2 aromatic rings. The van der Waals surface area contributed by atoms with Gasteiger partial charge in [-0.25, -0.2) is 4.79 Å². The Morgan fingerprint density at radius 3 is 2.43 bits per heavy atom. The number of carbonyl (C=O) groups is 3. The van der Waals surface area contributed by atoms with Gasteiger partial charge in [0.1, 0.15) is 5.70 Å². The Bertz CT molecular complexity index is 1020. The van der Waals surface area contributed by atoms with E-state index in [1.807, 2.05) is 32.0 Å². The first kappa shape index (κ1) is 21.3. The standard InChI is InChI=1S/C23H24N2O5/c1-14-10-15(2)12-16(11-14)21(27)17-6-4-5-7-19(17)24-20-18(23(29)30-3)13-25(8-9-26)22(20)28/h4-7,10-12,24,26H,8-9,13H2,1-3H3. The van der Waals surface area contributed by atoms with Gasteiger partial charge in [-0.15, -0.1) is 0 Å². The number of hydrogen-bond donors (Lipinski definition) is 2. The summed E-state index contributed by atoms with van der Waals surface area (Å²) in [6.45, 7) is 3.74. The molecule has 3 rings (SSSR count). The van der Waals surface area contributed by atoms with E-state index in [0.717, 1.165) is 11.1 Å². The van der Waals surface area contributed by atoms with Crippen LogP contribution in [0.4, 0.5) is 5.69 Å². The quantitative estimate of drug-likeness (QED) is 0.539. The second-order valence-corrected chi connectivity index (χ2v) is 7.17. The molecule has 0 bridgehead atoms. The van der Waals surface area contributed by atoms with Gasteiger partial charge in [-0.3, -0.25) is 9.59 Å². The molecule has 1 aliphatic heterocycles. The van der Waals surface area contributed by atoms with Crippen molar-refractivity contribution in [3.63, 3.8) is 0 Å². The van der Waals surface area contributed by atoms with Crippen LogP contribution in [0.15, 0.2) is 53.7 Å². The van der Waals surface area contributed by atoms with Crippen LogP contribution in [-0.4, -0.2) is 54.5 Å². The van der Waals surface area contributed by atoms with Gasteiger partial charge in [-0.2, -0.15) is 0 Å². The van der Waals surface area contributed by atoms with Crippen LogP contribution in [0.5, 0.6) is 0 Å². The van der Waals surface area contributed by atoms with Gasteiger partial charge in [0.05, 0.1) is 25.8 Å². The number of esters is 1. The summed E-state index contributed by atoms with van der Waals surface area (Å²) in [5, 5.41) is 12.2. The van der Waals surface area contributed by atoms with Gasteiger partial charge in [0.15, 0.2) is 5.78 Å². The lowest BCUT2D eigenvalue weighted by molar-refractivity contribution is -0.136. The van der Waals surface area contributed by atoms with Gasteiger partial charge in [0.2, 0.25) is 0 Å². The highest BCUT2D eigenvalue weighted by atomic mass is 16.5. The summed E-state index contributed by atoms with van der Waals surface area (Å²) in [6, 6.07) is 12.5. The van der Waals surface area contributed by atoms with Crippen LogP contribution >= 0.6 is 0 Å². The lowest BCUT2D eigenvalue weighted by atomic mass is 9.98. The average Bonchev–Trinajstić information content (AvgIpc) is 3.02. The SMILES string of the molecule is COC(=O)C1=C(Nc2ccccc2C(=O)c2cc(C)cc(C)c2)C(=O)N(CCO)C1. The maximum atomic E-state index is 13.2. The minimum Gasteiger partial charge on any atom is -0.466 e. The summed E-state index contributed by atoms with van der Waals surface area (Å²) in [5.74, 6) is -1.26. The van der Waals surface area contributed by atoms with Crippen molar-refractivity contribution in [3.8, 4) is 0 Å². The maximum absolute atomic E-state index is 13.2. The third kappa shape index (κ3) is 4.26. The van der Waals surface area contributed by atoms with Crippen LogP contribution in [0.25, 0.3) is 0 Å². The number of rotatable bonds is 7. The minimum absolute atomic E-state index is 0.0294. The molecule has 2 N–H and O–H groups in total. The smallest absolute Gasteiger partial charge is 0.337 e. The van der Waals surface area contributed by atoms with Gasteiger partial charge in [0.25, 0.3) is 5.91 Å². The number of amides is 1. The summed E-state index contributed by atoms with van der Waals surface area (Å²) >= 11 is 0. The predicted molar refractivity (Wildman–Crippen MR) is 112 cm³/mol. The third-order valence-corrected chi connectivity index (χ3v) is 4.87. The summed E-state index contributed by atoms with van der Waals surface area (Å²) in [5.41, 5.74) is 3.50. The highest BCUT2D eigenvalue weighted by Gasteiger charge is 2.35. The number of benzene rings is 2. The monoisotopic (exact) mass is 408 g/mol. The fraction of sp³-hybridized carbons (Fsp3) is 0.261. The van der Waals surface area contributed by atoms with Crippen molar-refractivity contribution in [2.24, 2.45) is 0 Å². The number of hydrogen-bond acceptors (Lipinski definition) is 6. The molecule has 0 spiro atoms. The van der Waals surface area contributed by atoms with Gasteiger partial charge in [-0.1, -0.05) is 29.3 Å². The highest BCUT2D eigenvalue weighted by Crippen LogP contribution is 2.26. The molecule has 1 amide bonds. The fourth-order valence-corrected chi connectivity index (χ4v) is 3.54. The molecule has 30 heavy (non-hydrogen) atoms. The number of nitrogens with one attached hydrogen (secondary N) is 1. The first-order valence-electron chi connectivity index (χ1n) is 9.56. The number of ether oxygens (including phenoxy) is 1. The van der Waals surface area contributed by atoms with Crippen LogP contribution in [0.1, 0.15) is 27.0 Å². The summed E-state index contributed by atoms with van der Waals surface area (Å²) in [6.07, 6.45) is 0. The number of ketones is 1. The van der Waals surface area contributed by atoms with E-state index in [2.05, 4.69) is 5.32 Å². The number of nitrogens with zero attached hydrogens (tertiary/aromatic N) is 1. The normalized spacial score (nSPS) is 13.6. The molecule has 0 unspecified atom stereocenters. The molecule has 0 radical (unpaired) electrons. The molecular formula is C23H24N2O5. The van der Waals surface area contributed by atoms with Crippen molar-refractivity contribution in [1.82, 2.24) is 4.90 Å². The van der Waals surface area contributed by atoms with Crippen molar-refractivity contribution in [2.45, 2.75) is 13.8 Å². The molecule has 0 saturated heterocycles. The Morgan fingerprint density at radius 1 is 1.13 bits per heavy atom. The van der Waals surface area contributed by atoms with Crippen molar-refractivity contribution >= 4 is 23.3 Å². The van der Waals surface area contributed by atoms with E-state index < -0.39 is 11.9 Å². The summed E-state index contributed by atoms with van der Waals surface area (Å²) < 4.78 is 4.81. The third-order valence-electron chi connectivity index (χ3n) is 4.87. The van der Waals surface area contributed by atoms with E-state index in [4.69, 9.17) is 4.74 Å². The molecule has 1 heterocycles. The zero-order valence-corrected chi connectivity index (χ0v) is 17.2. The van der Waals surface area contributed by atoms with E-state index in [9.17, 15) is 19.5 Å². The fourth-order valence-electron chi connectivity index (χ4n) is 3.54. The van der Waals surface area contributed by atoms with Crippen molar-refractivity contribution in [3.05, 3.63) is 76.0 Å². The Balaban J connectivity index is 2.00. The Kier molecular flexibility index (Phi) is 6.32. The average molecular weight is 408 g/mol. The lowest BCUT2D eigenvalue weighted by Crippen LogP contribution is -2.31. The van der Waals surface area contributed by atoms with Crippen molar-refractivity contribution < 1.29 is 24.2 Å². The van der Waals surface area contributed by atoms with Gasteiger partial charge in [-0.05, 0) is 38.1 Å². The molecule has 0 aliphatic carbocycles. The number of anilines is 1. The number of β-amino-alcohol motifs (C(OH)–C–C–N with tert-alkyl or cyclic N) is 1. The molecular weight excluding hydrogens is 384 g/mol. The minimum atomic E-state index is -0.635. The van der Waals surface area contributed by atoms with Gasteiger partial charge < -0.3 is 20.1 Å².